The Labute approximate surface area is 153 Å². The van der Waals surface area contributed by atoms with Gasteiger partial charge in [-0.2, -0.15) is 0 Å². The largest absolute Gasteiger partial charge is 0.484 e. The minimum atomic E-state index is -0.0489. The summed E-state index contributed by atoms with van der Waals surface area (Å²) in [6.45, 7) is 0.230. The number of thiophene rings is 1. The Bertz CT molecular complexity index is 866. The van der Waals surface area contributed by atoms with Crippen molar-refractivity contribution < 1.29 is 13.9 Å². The van der Waals surface area contributed by atoms with Gasteiger partial charge in [-0.3, -0.25) is 4.79 Å². The second-order valence-electron chi connectivity index (χ2n) is 4.84. The first-order chi connectivity index (χ1) is 11.6. The van der Waals surface area contributed by atoms with Gasteiger partial charge in [0.25, 0.3) is 0 Å². The molecule has 0 aliphatic carbocycles. The van der Waals surface area contributed by atoms with Crippen molar-refractivity contribution in [3.63, 3.8) is 0 Å². The Morgan fingerprint density at radius 3 is 2.83 bits per heavy atom. The smallest absolute Gasteiger partial charge is 0.195 e. The normalized spacial score (nSPS) is 11.1. The van der Waals surface area contributed by atoms with Crippen molar-refractivity contribution in [2.45, 2.75) is 6.61 Å². The first kappa shape index (κ1) is 16.8. The van der Waals surface area contributed by atoms with Crippen LogP contribution in [0.1, 0.15) is 21.2 Å². The fraction of sp³-hybridized carbons (Fsp3) is 0.0556. The number of carbonyl (C=O) groups excluding carboxylic acids is 1. The highest BCUT2D eigenvalue weighted by molar-refractivity contribution is 7.12. The summed E-state index contributed by atoms with van der Waals surface area (Å²) < 4.78 is 11.2. The van der Waals surface area contributed by atoms with Gasteiger partial charge in [-0.15, -0.1) is 11.3 Å². The summed E-state index contributed by atoms with van der Waals surface area (Å²) in [6, 6.07) is 12.2. The number of ketones is 1. The predicted octanol–water partition coefficient (Wildman–Crippen LogP) is 6.12. The van der Waals surface area contributed by atoms with E-state index in [4.69, 9.17) is 32.4 Å². The minimum absolute atomic E-state index is 0.0489. The van der Waals surface area contributed by atoms with Crippen molar-refractivity contribution in [1.29, 1.82) is 0 Å². The summed E-state index contributed by atoms with van der Waals surface area (Å²) >= 11 is 13.3. The molecule has 3 aromatic rings. The first-order valence-corrected chi connectivity index (χ1v) is 8.68. The highest BCUT2D eigenvalue weighted by atomic mass is 35.5. The van der Waals surface area contributed by atoms with Crippen molar-refractivity contribution in [1.82, 2.24) is 0 Å². The second kappa shape index (κ2) is 7.71. The van der Waals surface area contributed by atoms with E-state index in [0.717, 1.165) is 0 Å². The Balaban J connectivity index is 1.60. The lowest BCUT2D eigenvalue weighted by atomic mass is 10.3. The number of halogens is 2. The van der Waals surface area contributed by atoms with Crippen LogP contribution in [0, 0.1) is 0 Å². The Morgan fingerprint density at radius 1 is 1.21 bits per heavy atom. The van der Waals surface area contributed by atoms with Crippen LogP contribution in [0.5, 0.6) is 5.75 Å². The van der Waals surface area contributed by atoms with E-state index < -0.39 is 0 Å². The average Bonchev–Trinajstić information content (AvgIpc) is 3.24. The van der Waals surface area contributed by atoms with Gasteiger partial charge in [0.2, 0.25) is 0 Å². The lowest BCUT2D eigenvalue weighted by Gasteiger charge is -2.06. The summed E-state index contributed by atoms with van der Waals surface area (Å²) in [4.78, 5) is 12.6. The molecule has 3 nitrogen and oxygen atoms in total. The molecule has 0 unspecified atom stereocenters. The number of allylic oxidation sites excluding steroid dienone is 1. The molecule has 2 heterocycles. The van der Waals surface area contributed by atoms with Crippen LogP contribution >= 0.6 is 34.5 Å². The molecule has 0 saturated heterocycles. The Morgan fingerprint density at radius 2 is 2.08 bits per heavy atom. The third kappa shape index (κ3) is 4.29. The molecule has 0 bridgehead atoms. The maximum atomic E-state index is 11.9. The molecule has 122 valence electrons. The molecule has 0 aliphatic rings. The van der Waals surface area contributed by atoms with E-state index in [2.05, 4.69) is 0 Å². The molecule has 3 rings (SSSR count). The van der Waals surface area contributed by atoms with Gasteiger partial charge in [0.15, 0.2) is 5.78 Å². The number of benzene rings is 1. The Hall–Kier alpha value is -2.01. The molecular weight excluding hydrogens is 367 g/mol. The van der Waals surface area contributed by atoms with E-state index >= 15 is 0 Å². The van der Waals surface area contributed by atoms with Crippen LogP contribution in [0.3, 0.4) is 0 Å². The van der Waals surface area contributed by atoms with Gasteiger partial charge in [-0.1, -0.05) is 29.3 Å². The summed E-state index contributed by atoms with van der Waals surface area (Å²) in [6.07, 6.45) is 3.13. The molecule has 1 aromatic carbocycles. The molecule has 0 radical (unpaired) electrons. The van der Waals surface area contributed by atoms with E-state index in [9.17, 15) is 4.79 Å². The van der Waals surface area contributed by atoms with Crippen LogP contribution in [0.2, 0.25) is 10.0 Å². The van der Waals surface area contributed by atoms with Crippen LogP contribution < -0.4 is 4.74 Å². The predicted molar refractivity (Wildman–Crippen MR) is 97.2 cm³/mol. The fourth-order valence-corrected chi connectivity index (χ4v) is 3.07. The molecule has 24 heavy (non-hydrogen) atoms. The average molecular weight is 379 g/mol. The number of furan rings is 1. The fourth-order valence-electron chi connectivity index (χ4n) is 1.96. The van der Waals surface area contributed by atoms with Crippen molar-refractivity contribution >= 4 is 46.4 Å². The van der Waals surface area contributed by atoms with Crippen molar-refractivity contribution in [2.24, 2.45) is 0 Å². The topological polar surface area (TPSA) is 39.4 Å². The van der Waals surface area contributed by atoms with Gasteiger partial charge in [0.1, 0.15) is 23.9 Å². The molecule has 2 aromatic heterocycles. The quantitative estimate of drug-likeness (QED) is 0.382. The molecular formula is C18H12Cl2O3S. The van der Waals surface area contributed by atoms with Crippen LogP contribution in [0.15, 0.2) is 58.3 Å². The van der Waals surface area contributed by atoms with Crippen molar-refractivity contribution in [3.05, 3.63) is 80.4 Å². The van der Waals surface area contributed by atoms with E-state index in [1.807, 2.05) is 11.4 Å². The molecule has 0 fully saturated rings. The molecule has 0 aliphatic heterocycles. The molecule has 6 heteroatoms. The minimum Gasteiger partial charge on any atom is -0.484 e. The van der Waals surface area contributed by atoms with Crippen LogP contribution in [-0.2, 0) is 6.61 Å². The zero-order valence-corrected chi connectivity index (χ0v) is 14.7. The number of hydrogen-bond acceptors (Lipinski definition) is 4. The number of hydrogen-bond donors (Lipinski definition) is 0. The number of carbonyl (C=O) groups is 1. The molecule has 0 atom stereocenters. The number of rotatable bonds is 6. The van der Waals surface area contributed by atoms with Gasteiger partial charge < -0.3 is 9.15 Å². The van der Waals surface area contributed by atoms with Gasteiger partial charge >= 0.3 is 0 Å². The van der Waals surface area contributed by atoms with Crippen LogP contribution in [0.25, 0.3) is 6.08 Å². The first-order valence-electron chi connectivity index (χ1n) is 7.04. The van der Waals surface area contributed by atoms with Crippen LogP contribution in [-0.4, -0.2) is 5.78 Å². The summed E-state index contributed by atoms with van der Waals surface area (Å²) in [5.41, 5.74) is 0. The lowest BCUT2D eigenvalue weighted by molar-refractivity contribution is 0.105. The third-order valence-electron chi connectivity index (χ3n) is 3.11. The van der Waals surface area contributed by atoms with E-state index in [-0.39, 0.29) is 12.4 Å². The summed E-state index contributed by atoms with van der Waals surface area (Å²) in [5, 5.41) is 2.86. The van der Waals surface area contributed by atoms with Gasteiger partial charge in [0.05, 0.1) is 9.90 Å². The maximum Gasteiger partial charge on any atom is 0.195 e. The molecule has 0 N–H and O–H groups in total. The standard InChI is InChI=1S/C18H12Cl2O3S/c19-12-3-8-17(15(20)10-12)22-11-14-5-4-13(23-14)6-7-16(21)18-2-1-9-24-18/h1-10H,11H2/b7-6+. The van der Waals surface area contributed by atoms with E-state index in [1.165, 1.54) is 17.4 Å². The highest BCUT2D eigenvalue weighted by Crippen LogP contribution is 2.28. The van der Waals surface area contributed by atoms with Gasteiger partial charge in [-0.05, 0) is 53.9 Å². The van der Waals surface area contributed by atoms with Gasteiger partial charge in [0, 0.05) is 5.02 Å². The molecule has 0 amide bonds. The van der Waals surface area contributed by atoms with Crippen molar-refractivity contribution in [3.8, 4) is 5.75 Å². The molecule has 0 spiro atoms. The molecule has 0 saturated carbocycles. The third-order valence-corrected chi connectivity index (χ3v) is 4.52. The Kier molecular flexibility index (Phi) is 5.41. The zero-order valence-electron chi connectivity index (χ0n) is 12.4. The lowest BCUT2D eigenvalue weighted by Crippen LogP contribution is -1.94. The second-order valence-corrected chi connectivity index (χ2v) is 6.63. The van der Waals surface area contributed by atoms with Crippen LogP contribution in [0.4, 0.5) is 0 Å². The zero-order chi connectivity index (χ0) is 16.9. The summed E-state index contributed by atoms with van der Waals surface area (Å²) in [7, 11) is 0. The van der Waals surface area contributed by atoms with Crippen molar-refractivity contribution in [2.75, 3.05) is 0 Å². The number of ether oxygens (including phenoxy) is 1. The SMILES string of the molecule is O=C(/C=C/c1ccc(COc2ccc(Cl)cc2Cl)o1)c1cccs1. The van der Waals surface area contributed by atoms with E-state index in [1.54, 1.807) is 42.5 Å². The monoisotopic (exact) mass is 378 g/mol. The highest BCUT2D eigenvalue weighted by Gasteiger charge is 2.06. The maximum absolute atomic E-state index is 11.9. The van der Waals surface area contributed by atoms with Gasteiger partial charge in [-0.25, -0.2) is 0 Å². The summed E-state index contributed by atoms with van der Waals surface area (Å²) in [5.74, 6) is 1.69. The van der Waals surface area contributed by atoms with E-state index in [0.29, 0.717) is 32.2 Å².